The number of Topliss-reactive ketones (excluding diaryl/α,β-unsaturated/α-hetero) is 2. The molecule has 0 radical (unpaired) electrons. The largest absolute Gasteiger partial charge is 0.511 e. The molecule has 0 saturated heterocycles. The third-order valence-corrected chi connectivity index (χ3v) is 6.69. The van der Waals surface area contributed by atoms with Gasteiger partial charge in [0.15, 0.2) is 11.6 Å². The van der Waals surface area contributed by atoms with Crippen LogP contribution in [0.25, 0.3) is 0 Å². The molecule has 1 unspecified atom stereocenters. The Labute approximate surface area is 183 Å². The van der Waals surface area contributed by atoms with Crippen LogP contribution >= 0.6 is 0 Å². The lowest BCUT2D eigenvalue weighted by Gasteiger charge is -2.41. The summed E-state index contributed by atoms with van der Waals surface area (Å²) in [6.45, 7) is 0. The number of benzene rings is 1. The van der Waals surface area contributed by atoms with Gasteiger partial charge in [-0.15, -0.1) is 0 Å². The van der Waals surface area contributed by atoms with E-state index in [1.807, 2.05) is 0 Å². The summed E-state index contributed by atoms with van der Waals surface area (Å²) < 4.78 is 4.68. The van der Waals surface area contributed by atoms with Crippen LogP contribution in [0.2, 0.25) is 0 Å². The van der Waals surface area contributed by atoms with E-state index in [1.165, 1.54) is 13.2 Å². The number of carbonyl (C=O) groups is 4. The number of aliphatic hydroxyl groups is 2. The van der Waals surface area contributed by atoms with Crippen molar-refractivity contribution >= 4 is 23.4 Å². The summed E-state index contributed by atoms with van der Waals surface area (Å²) in [7, 11) is 1.29. The van der Waals surface area contributed by atoms with Crippen LogP contribution in [0.15, 0.2) is 34.8 Å². The number of hydrogen-bond acceptors (Lipinski definition) is 8. The monoisotopic (exact) mass is 441 g/mol. The normalized spacial score (nSPS) is 24.6. The van der Waals surface area contributed by atoms with E-state index in [1.54, 1.807) is 6.07 Å². The molecule has 9 nitrogen and oxygen atoms in total. The molecule has 3 aliphatic carbocycles. The maximum Gasteiger partial charge on any atom is 0.305 e. The number of ether oxygens (including phenoxy) is 1. The summed E-state index contributed by atoms with van der Waals surface area (Å²) in [5.74, 6) is -6.04. The summed E-state index contributed by atoms with van der Waals surface area (Å²) >= 11 is 0. The SMILES string of the molecule is COC(=O)CCc1ccc(O)c2c1C[C@H]1C[C@H]3CC(O)=C(C(N)=O)C(=O)C3C(O)=C1C2=O. The molecule has 1 aromatic rings. The van der Waals surface area contributed by atoms with Gasteiger partial charge in [0.25, 0.3) is 5.91 Å². The van der Waals surface area contributed by atoms with E-state index in [4.69, 9.17) is 5.73 Å². The Morgan fingerprint density at radius 1 is 1.16 bits per heavy atom. The van der Waals surface area contributed by atoms with E-state index >= 15 is 0 Å². The zero-order valence-corrected chi connectivity index (χ0v) is 17.4. The number of primary amides is 1. The van der Waals surface area contributed by atoms with Gasteiger partial charge in [0.2, 0.25) is 0 Å². The second-order valence-electron chi connectivity index (χ2n) is 8.43. The molecule has 0 saturated carbocycles. The number of phenols is 1. The third kappa shape index (κ3) is 3.24. The number of esters is 1. The molecular weight excluding hydrogens is 418 g/mol. The fourth-order valence-electron chi connectivity index (χ4n) is 5.28. The van der Waals surface area contributed by atoms with E-state index < -0.39 is 58.3 Å². The number of aliphatic hydroxyl groups excluding tert-OH is 2. The highest BCUT2D eigenvalue weighted by Gasteiger charge is 2.50. The number of methoxy groups -OCH3 is 1. The minimum Gasteiger partial charge on any atom is -0.511 e. The number of fused-ring (bicyclic) bond motifs is 3. The number of rotatable bonds is 4. The van der Waals surface area contributed by atoms with Crippen LogP contribution in [0.5, 0.6) is 5.75 Å². The Balaban J connectivity index is 1.77. The number of hydrogen-bond donors (Lipinski definition) is 4. The first-order chi connectivity index (χ1) is 15.1. The highest BCUT2D eigenvalue weighted by molar-refractivity contribution is 6.22. The van der Waals surface area contributed by atoms with Gasteiger partial charge < -0.3 is 25.8 Å². The molecular formula is C23H23NO8. The molecule has 0 heterocycles. The van der Waals surface area contributed by atoms with Crippen LogP contribution < -0.4 is 5.73 Å². The van der Waals surface area contributed by atoms with Gasteiger partial charge in [0, 0.05) is 18.4 Å². The molecule has 9 heteroatoms. The first kappa shape index (κ1) is 21.6. The number of ketones is 2. The second-order valence-corrected chi connectivity index (χ2v) is 8.43. The fourth-order valence-corrected chi connectivity index (χ4v) is 5.28. The van der Waals surface area contributed by atoms with Gasteiger partial charge in [-0.3, -0.25) is 19.2 Å². The molecule has 3 aliphatic rings. The van der Waals surface area contributed by atoms with Crippen molar-refractivity contribution in [1.29, 1.82) is 0 Å². The first-order valence-electron chi connectivity index (χ1n) is 10.3. The van der Waals surface area contributed by atoms with Crippen molar-refractivity contribution in [1.82, 2.24) is 0 Å². The molecule has 1 amide bonds. The van der Waals surface area contributed by atoms with Crippen LogP contribution in [0.4, 0.5) is 0 Å². The summed E-state index contributed by atoms with van der Waals surface area (Å²) in [4.78, 5) is 49.4. The van der Waals surface area contributed by atoms with E-state index in [0.717, 1.165) is 5.56 Å². The summed E-state index contributed by atoms with van der Waals surface area (Å²) in [5.41, 5.74) is 6.07. The maximum atomic E-state index is 13.4. The molecule has 0 fully saturated rings. The lowest BCUT2D eigenvalue weighted by Crippen LogP contribution is -2.43. The number of nitrogens with two attached hydrogens (primary N) is 1. The predicted molar refractivity (Wildman–Crippen MR) is 110 cm³/mol. The second kappa shape index (κ2) is 7.81. The van der Waals surface area contributed by atoms with Gasteiger partial charge >= 0.3 is 5.97 Å². The topological polar surface area (TPSA) is 164 Å². The number of carbonyl (C=O) groups excluding carboxylic acids is 4. The van der Waals surface area contributed by atoms with Gasteiger partial charge in [-0.2, -0.15) is 0 Å². The van der Waals surface area contributed by atoms with E-state index in [9.17, 15) is 34.5 Å². The van der Waals surface area contributed by atoms with Crippen LogP contribution in [-0.4, -0.2) is 45.9 Å². The number of amides is 1. The van der Waals surface area contributed by atoms with Crippen molar-refractivity contribution < 1.29 is 39.2 Å². The number of aromatic hydroxyl groups is 1. The minimum atomic E-state index is -1.14. The summed E-state index contributed by atoms with van der Waals surface area (Å²) in [6, 6.07) is 3.02. The quantitative estimate of drug-likeness (QED) is 0.404. The number of aryl methyl sites for hydroxylation is 1. The molecule has 3 atom stereocenters. The van der Waals surface area contributed by atoms with Crippen molar-refractivity contribution in [3.63, 3.8) is 0 Å². The Morgan fingerprint density at radius 3 is 2.53 bits per heavy atom. The van der Waals surface area contributed by atoms with Gasteiger partial charge in [0.1, 0.15) is 22.8 Å². The fraction of sp³-hybridized carbons (Fsp3) is 0.391. The molecule has 0 aliphatic heterocycles. The minimum absolute atomic E-state index is 0.0151. The van der Waals surface area contributed by atoms with Crippen LogP contribution in [0.3, 0.4) is 0 Å². The predicted octanol–water partition coefficient (Wildman–Crippen LogP) is 1.57. The van der Waals surface area contributed by atoms with Crippen molar-refractivity contribution in [2.75, 3.05) is 7.11 Å². The molecule has 1 aromatic carbocycles. The zero-order valence-electron chi connectivity index (χ0n) is 17.4. The maximum absolute atomic E-state index is 13.4. The van der Waals surface area contributed by atoms with Gasteiger partial charge in [-0.1, -0.05) is 6.07 Å². The Bertz CT molecular complexity index is 1130. The van der Waals surface area contributed by atoms with Crippen molar-refractivity contribution in [3.05, 3.63) is 51.5 Å². The Morgan fingerprint density at radius 2 is 1.88 bits per heavy atom. The molecule has 4 rings (SSSR count). The van der Waals surface area contributed by atoms with Gasteiger partial charge in [-0.25, -0.2) is 0 Å². The summed E-state index contributed by atoms with van der Waals surface area (Å²) in [5, 5.41) is 31.5. The van der Waals surface area contributed by atoms with Crippen molar-refractivity contribution in [2.45, 2.75) is 32.1 Å². The van der Waals surface area contributed by atoms with Gasteiger partial charge in [0.05, 0.1) is 18.6 Å². The van der Waals surface area contributed by atoms with Crippen molar-refractivity contribution in [3.8, 4) is 5.75 Å². The lowest BCUT2D eigenvalue weighted by molar-refractivity contribution is -0.140. The average Bonchev–Trinajstić information content (AvgIpc) is 2.71. The molecule has 168 valence electrons. The average molecular weight is 441 g/mol. The van der Waals surface area contributed by atoms with Crippen LogP contribution in [0, 0.1) is 17.8 Å². The number of allylic oxidation sites excluding steroid dienone is 3. The molecule has 0 aromatic heterocycles. The standard InChI is InChI=1S/C23H23NO8/c1-32-15(27)5-3-9-2-4-13(25)18-12(9)7-10-6-11-8-14(26)19(23(24)31)22(30)17(11)20(28)16(10)21(18)29/h2,4,10-11,17,25-26,28H,3,5-8H2,1H3,(H2,24,31)/t10-,11+,17?/m1/s1. The Hall–Kier alpha value is -3.62. The smallest absolute Gasteiger partial charge is 0.305 e. The highest BCUT2D eigenvalue weighted by Crippen LogP contribution is 2.49. The number of phenolic OH excluding ortho intramolecular Hbond substituents is 1. The molecule has 32 heavy (non-hydrogen) atoms. The first-order valence-corrected chi connectivity index (χ1v) is 10.3. The molecule has 5 N–H and O–H groups in total. The Kier molecular flexibility index (Phi) is 5.28. The van der Waals surface area contributed by atoms with Crippen molar-refractivity contribution in [2.24, 2.45) is 23.5 Å². The third-order valence-electron chi connectivity index (χ3n) is 6.69. The van der Waals surface area contributed by atoms with Gasteiger partial charge in [-0.05, 0) is 48.3 Å². The molecule has 0 bridgehead atoms. The van der Waals surface area contributed by atoms with E-state index in [-0.39, 0.29) is 29.7 Å². The zero-order chi connectivity index (χ0) is 23.3. The van der Waals surface area contributed by atoms with Crippen LogP contribution in [-0.2, 0) is 32.0 Å². The van der Waals surface area contributed by atoms with E-state index in [2.05, 4.69) is 4.74 Å². The summed E-state index contributed by atoms with van der Waals surface area (Å²) in [6.07, 6.45) is 1.04. The lowest BCUT2D eigenvalue weighted by atomic mass is 9.62. The molecule has 0 spiro atoms. The highest BCUT2D eigenvalue weighted by atomic mass is 16.5. The van der Waals surface area contributed by atoms with E-state index in [0.29, 0.717) is 24.8 Å². The van der Waals surface area contributed by atoms with Crippen LogP contribution in [0.1, 0.15) is 40.7 Å².